The summed E-state index contributed by atoms with van der Waals surface area (Å²) in [4.78, 5) is 0. The molecule has 1 aliphatic carbocycles. The lowest BCUT2D eigenvalue weighted by Crippen LogP contribution is -2.20. The summed E-state index contributed by atoms with van der Waals surface area (Å²) in [6.45, 7) is 2.58. The van der Waals surface area contributed by atoms with Crippen molar-refractivity contribution in [3.05, 3.63) is 48.0 Å². The average molecular weight is 499 g/mol. The van der Waals surface area contributed by atoms with Gasteiger partial charge in [-0.1, -0.05) is 76.8 Å². The third-order valence-corrected chi connectivity index (χ3v) is 6.85. The lowest BCUT2D eigenvalue weighted by molar-refractivity contribution is -0.274. The molecule has 0 bridgehead atoms. The predicted octanol–water partition coefficient (Wildman–Crippen LogP) is 9.47. The largest absolute Gasteiger partial charge is 0.573 e. The molecule has 2 nitrogen and oxygen atoms in total. The molecule has 0 amide bonds. The van der Waals surface area contributed by atoms with Crippen molar-refractivity contribution in [1.82, 2.24) is 0 Å². The highest BCUT2D eigenvalue weighted by Crippen LogP contribution is 2.35. The van der Waals surface area contributed by atoms with Crippen molar-refractivity contribution in [3.8, 4) is 22.6 Å². The number of rotatable bonds is 12. The van der Waals surface area contributed by atoms with E-state index in [0.717, 1.165) is 43.7 Å². The summed E-state index contributed by atoms with van der Waals surface area (Å²) in [5.74, 6) is -1.65. The summed E-state index contributed by atoms with van der Waals surface area (Å²) in [5.41, 5.74) is 0.190. The van der Waals surface area contributed by atoms with E-state index in [2.05, 4.69) is 11.7 Å². The number of ether oxygens (including phenoxy) is 2. The average Bonchev–Trinajstić information content (AvgIpc) is 2.83. The Morgan fingerprint density at radius 1 is 0.771 bits per heavy atom. The molecule has 0 unspecified atom stereocenters. The third kappa shape index (κ3) is 8.69. The Balaban J connectivity index is 1.46. The molecule has 0 atom stereocenters. The van der Waals surface area contributed by atoms with E-state index in [9.17, 15) is 22.0 Å². The van der Waals surface area contributed by atoms with Crippen molar-refractivity contribution in [2.24, 2.45) is 11.8 Å². The van der Waals surface area contributed by atoms with Crippen molar-refractivity contribution in [2.45, 2.75) is 83.9 Å². The van der Waals surface area contributed by atoms with E-state index in [0.29, 0.717) is 12.5 Å². The van der Waals surface area contributed by atoms with Crippen LogP contribution >= 0.6 is 0 Å². The topological polar surface area (TPSA) is 18.5 Å². The first-order valence-electron chi connectivity index (χ1n) is 12.7. The first-order valence-corrected chi connectivity index (χ1v) is 12.7. The van der Waals surface area contributed by atoms with E-state index >= 15 is 0 Å². The van der Waals surface area contributed by atoms with Crippen LogP contribution in [0.15, 0.2) is 36.4 Å². The van der Waals surface area contributed by atoms with Gasteiger partial charge in [0.15, 0.2) is 11.6 Å². The Morgan fingerprint density at radius 2 is 1.40 bits per heavy atom. The highest BCUT2D eigenvalue weighted by molar-refractivity contribution is 5.66. The molecule has 1 aliphatic rings. The molecule has 0 saturated heterocycles. The number of halogens is 5. The summed E-state index contributed by atoms with van der Waals surface area (Å²) < 4.78 is 75.7. The molecule has 0 N–H and O–H groups in total. The number of alkyl halides is 3. The molecule has 1 fully saturated rings. The van der Waals surface area contributed by atoms with E-state index in [1.807, 2.05) is 0 Å². The zero-order valence-corrected chi connectivity index (χ0v) is 20.3. The van der Waals surface area contributed by atoms with E-state index < -0.39 is 23.7 Å². The highest BCUT2D eigenvalue weighted by Gasteiger charge is 2.31. The van der Waals surface area contributed by atoms with Crippen LogP contribution in [0.3, 0.4) is 0 Å². The van der Waals surface area contributed by atoms with E-state index in [1.165, 1.54) is 69.2 Å². The van der Waals surface area contributed by atoms with Crippen molar-refractivity contribution < 1.29 is 31.4 Å². The molecule has 0 spiro atoms. The minimum Gasteiger partial charge on any atom is -0.490 e. The second-order valence-corrected chi connectivity index (χ2v) is 9.57. The van der Waals surface area contributed by atoms with Gasteiger partial charge in [0.25, 0.3) is 0 Å². The summed E-state index contributed by atoms with van der Waals surface area (Å²) in [5, 5.41) is 0. The van der Waals surface area contributed by atoms with Gasteiger partial charge in [-0.25, -0.2) is 4.39 Å². The zero-order valence-electron chi connectivity index (χ0n) is 20.3. The van der Waals surface area contributed by atoms with Crippen LogP contribution in [-0.4, -0.2) is 13.0 Å². The second-order valence-electron chi connectivity index (χ2n) is 9.57. The maximum atomic E-state index is 14.7. The van der Waals surface area contributed by atoms with E-state index in [-0.39, 0.29) is 16.9 Å². The van der Waals surface area contributed by atoms with Crippen molar-refractivity contribution >= 4 is 0 Å². The quantitative estimate of drug-likeness (QED) is 0.214. The normalized spacial score (nSPS) is 18.5. The first kappa shape index (κ1) is 27.3. The molecule has 2 aromatic carbocycles. The molecular weight excluding hydrogens is 463 g/mol. The van der Waals surface area contributed by atoms with E-state index in [4.69, 9.17) is 4.74 Å². The minimum absolute atomic E-state index is 0.0522. The van der Waals surface area contributed by atoms with Gasteiger partial charge in [-0.2, -0.15) is 4.39 Å². The Morgan fingerprint density at radius 3 is 2.06 bits per heavy atom. The van der Waals surface area contributed by atoms with Crippen LogP contribution in [0.2, 0.25) is 0 Å². The summed E-state index contributed by atoms with van der Waals surface area (Å²) >= 11 is 0. The van der Waals surface area contributed by atoms with Crippen LogP contribution in [0.25, 0.3) is 11.1 Å². The van der Waals surface area contributed by atoms with Gasteiger partial charge < -0.3 is 9.47 Å². The van der Waals surface area contributed by atoms with Crippen molar-refractivity contribution in [1.29, 1.82) is 0 Å². The molecule has 194 valence electrons. The fraction of sp³-hybridized carbons (Fsp3) is 0.571. The molecular formula is C28H35F5O2. The SMILES string of the molecule is CCCCCCCC[C@H]1CC[C@H](COc2ccc(-c3ccc(OC(F)(F)F)cc3)c(F)c2F)CC1. The maximum Gasteiger partial charge on any atom is 0.573 e. The highest BCUT2D eigenvalue weighted by atomic mass is 19.4. The van der Waals surface area contributed by atoms with Crippen LogP contribution in [0.1, 0.15) is 77.6 Å². The van der Waals surface area contributed by atoms with Gasteiger partial charge >= 0.3 is 6.36 Å². The van der Waals surface area contributed by atoms with Crippen LogP contribution in [-0.2, 0) is 0 Å². The fourth-order valence-electron chi connectivity index (χ4n) is 4.81. The van der Waals surface area contributed by atoms with Crippen LogP contribution in [0.4, 0.5) is 22.0 Å². The number of benzene rings is 2. The van der Waals surface area contributed by atoms with Gasteiger partial charge in [0.2, 0.25) is 5.82 Å². The molecule has 3 rings (SSSR count). The van der Waals surface area contributed by atoms with Gasteiger partial charge in [-0.15, -0.1) is 13.2 Å². The Labute approximate surface area is 204 Å². The minimum atomic E-state index is -4.81. The van der Waals surface area contributed by atoms with E-state index in [1.54, 1.807) is 0 Å². The fourth-order valence-corrected chi connectivity index (χ4v) is 4.81. The molecule has 7 heteroatoms. The van der Waals surface area contributed by atoms with Gasteiger partial charge in [0.05, 0.1) is 6.61 Å². The van der Waals surface area contributed by atoms with Gasteiger partial charge in [-0.05, 0) is 54.5 Å². The zero-order chi connectivity index (χ0) is 25.3. The second kappa shape index (κ2) is 13.1. The van der Waals surface area contributed by atoms with Gasteiger partial charge in [0, 0.05) is 5.56 Å². The standard InChI is InChI=1S/C28H35F5O2/c1-2-3-4-5-6-7-8-20-9-11-21(12-10-20)19-34-25-18-17-24(26(29)27(25)30)22-13-15-23(16-14-22)35-28(31,32)33/h13-18,20-21H,2-12,19H2,1H3/t20-,21-. The van der Waals surface area contributed by atoms with Crippen LogP contribution in [0, 0.1) is 23.5 Å². The first-order chi connectivity index (χ1) is 16.8. The Kier molecular flexibility index (Phi) is 10.2. The molecule has 35 heavy (non-hydrogen) atoms. The molecule has 0 aromatic heterocycles. The van der Waals surface area contributed by atoms with Gasteiger partial charge in [0.1, 0.15) is 5.75 Å². The van der Waals surface area contributed by atoms with Crippen molar-refractivity contribution in [3.63, 3.8) is 0 Å². The Hall–Kier alpha value is -2.31. The molecule has 0 radical (unpaired) electrons. The number of unbranched alkanes of at least 4 members (excludes halogenated alkanes) is 5. The monoisotopic (exact) mass is 498 g/mol. The lowest BCUT2D eigenvalue weighted by Gasteiger charge is -2.28. The maximum absolute atomic E-state index is 14.7. The smallest absolute Gasteiger partial charge is 0.490 e. The van der Waals surface area contributed by atoms with Crippen LogP contribution < -0.4 is 9.47 Å². The van der Waals surface area contributed by atoms with Gasteiger partial charge in [-0.3, -0.25) is 0 Å². The summed E-state index contributed by atoms with van der Waals surface area (Å²) in [6.07, 6.45) is 8.73. The Bertz CT molecular complexity index is 903. The molecule has 2 aromatic rings. The lowest BCUT2D eigenvalue weighted by atomic mass is 9.80. The predicted molar refractivity (Wildman–Crippen MR) is 127 cm³/mol. The molecule has 0 heterocycles. The molecule has 0 aliphatic heterocycles. The number of hydrogen-bond donors (Lipinski definition) is 0. The third-order valence-electron chi connectivity index (χ3n) is 6.85. The summed E-state index contributed by atoms with van der Waals surface area (Å²) in [6, 6.07) is 7.38. The number of hydrogen-bond acceptors (Lipinski definition) is 2. The van der Waals surface area contributed by atoms with Crippen LogP contribution in [0.5, 0.6) is 11.5 Å². The summed E-state index contributed by atoms with van der Waals surface area (Å²) in [7, 11) is 0. The van der Waals surface area contributed by atoms with Crippen molar-refractivity contribution in [2.75, 3.05) is 6.61 Å². The molecule has 1 saturated carbocycles.